The predicted octanol–water partition coefficient (Wildman–Crippen LogP) is 6.32. The first-order chi connectivity index (χ1) is 15.2. The fraction of sp³-hybridized carbons (Fsp3) is 0.115. The summed E-state index contributed by atoms with van der Waals surface area (Å²) in [6.45, 7) is 0. The van der Waals surface area contributed by atoms with Crippen molar-refractivity contribution in [3.8, 4) is 16.9 Å². The number of nitro benzene ring substituents is 1. The predicted molar refractivity (Wildman–Crippen MR) is 123 cm³/mol. The van der Waals surface area contributed by atoms with Crippen LogP contribution in [0.4, 0.5) is 5.69 Å². The lowest BCUT2D eigenvalue weighted by Gasteiger charge is -2.15. The van der Waals surface area contributed by atoms with Gasteiger partial charge in [0, 0.05) is 23.3 Å². The van der Waals surface area contributed by atoms with Crippen LogP contribution in [0.2, 0.25) is 0 Å². The monoisotopic (exact) mass is 407 g/mol. The molecule has 0 spiro atoms. The Hall–Kier alpha value is -3.99. The molecular weight excluding hydrogens is 386 g/mol. The van der Waals surface area contributed by atoms with E-state index in [1.54, 1.807) is 24.3 Å². The molecule has 0 saturated carbocycles. The van der Waals surface area contributed by atoms with Crippen LogP contribution in [0.3, 0.4) is 0 Å². The smallest absolute Gasteiger partial charge is 0.258 e. The Bertz CT molecular complexity index is 1260. The van der Waals surface area contributed by atoms with Crippen molar-refractivity contribution in [2.24, 2.45) is 0 Å². The first-order valence-corrected chi connectivity index (χ1v) is 10.4. The van der Waals surface area contributed by atoms with Gasteiger partial charge >= 0.3 is 0 Å². The zero-order valence-corrected chi connectivity index (χ0v) is 16.9. The highest BCUT2D eigenvalue weighted by Gasteiger charge is 2.25. The first-order valence-electron chi connectivity index (χ1n) is 10.4. The Morgan fingerprint density at radius 2 is 1.55 bits per heavy atom. The summed E-state index contributed by atoms with van der Waals surface area (Å²) in [5, 5.41) is 16.0. The molecule has 0 amide bonds. The number of hydrogen-bond donors (Lipinski definition) is 0. The number of nitro groups is 1. The molecule has 1 aliphatic rings. The lowest BCUT2D eigenvalue weighted by molar-refractivity contribution is -0.384. The van der Waals surface area contributed by atoms with E-state index in [9.17, 15) is 10.1 Å². The van der Waals surface area contributed by atoms with Gasteiger partial charge in [-0.2, -0.15) is 5.10 Å². The van der Waals surface area contributed by atoms with Crippen LogP contribution in [-0.2, 0) is 6.42 Å². The summed E-state index contributed by atoms with van der Waals surface area (Å²) in [6.07, 6.45) is 5.07. The van der Waals surface area contributed by atoms with Crippen molar-refractivity contribution in [3.63, 3.8) is 0 Å². The van der Waals surface area contributed by atoms with Crippen molar-refractivity contribution in [1.29, 1.82) is 0 Å². The third kappa shape index (κ3) is 3.66. The highest BCUT2D eigenvalue weighted by Crippen LogP contribution is 2.39. The van der Waals surface area contributed by atoms with E-state index in [4.69, 9.17) is 5.10 Å². The third-order valence-electron chi connectivity index (χ3n) is 5.65. The summed E-state index contributed by atoms with van der Waals surface area (Å²) in [5.41, 5.74) is 7.82. The topological polar surface area (TPSA) is 61.0 Å². The molecule has 0 unspecified atom stereocenters. The molecule has 152 valence electrons. The van der Waals surface area contributed by atoms with Crippen LogP contribution in [0.25, 0.3) is 28.6 Å². The standard InChI is InChI=1S/C26H21N3O2/c30-29(31)23-16-14-19(15-17-23)18-21-10-7-13-24-25(21)27-28(22-11-5-2-6-12-22)26(24)20-8-3-1-4-9-20/h1-6,8-9,11-12,14-18H,7,10,13H2. The molecule has 5 heteroatoms. The summed E-state index contributed by atoms with van der Waals surface area (Å²) < 4.78 is 2.05. The lowest BCUT2D eigenvalue weighted by atomic mass is 9.89. The molecule has 0 radical (unpaired) electrons. The van der Waals surface area contributed by atoms with Crippen LogP contribution >= 0.6 is 0 Å². The van der Waals surface area contributed by atoms with Crippen LogP contribution in [0.5, 0.6) is 0 Å². The Morgan fingerprint density at radius 3 is 2.23 bits per heavy atom. The third-order valence-corrected chi connectivity index (χ3v) is 5.65. The van der Waals surface area contributed by atoms with E-state index in [1.807, 2.05) is 24.3 Å². The second-order valence-electron chi connectivity index (χ2n) is 7.66. The summed E-state index contributed by atoms with van der Waals surface area (Å²) in [6, 6.07) is 27.3. The van der Waals surface area contributed by atoms with Crippen LogP contribution < -0.4 is 0 Å². The van der Waals surface area contributed by atoms with Gasteiger partial charge in [-0.3, -0.25) is 10.1 Å². The Balaban J connectivity index is 1.65. The summed E-state index contributed by atoms with van der Waals surface area (Å²) >= 11 is 0. The van der Waals surface area contributed by atoms with E-state index in [0.717, 1.165) is 47.5 Å². The molecule has 0 saturated heterocycles. The molecule has 1 heterocycles. The first kappa shape index (κ1) is 19.0. The van der Waals surface area contributed by atoms with Crippen LogP contribution in [0, 0.1) is 10.1 Å². The van der Waals surface area contributed by atoms with Crippen molar-refractivity contribution < 1.29 is 4.92 Å². The molecule has 5 nitrogen and oxygen atoms in total. The molecule has 0 fully saturated rings. The minimum absolute atomic E-state index is 0.103. The van der Waals surface area contributed by atoms with E-state index in [1.165, 1.54) is 11.1 Å². The van der Waals surface area contributed by atoms with Gasteiger partial charge in [0.1, 0.15) is 0 Å². The molecule has 5 rings (SSSR count). The number of rotatable bonds is 4. The normalized spacial score (nSPS) is 14.4. The van der Waals surface area contributed by atoms with Crippen molar-refractivity contribution in [1.82, 2.24) is 9.78 Å². The molecule has 0 aliphatic heterocycles. The number of nitrogens with zero attached hydrogens (tertiary/aromatic N) is 3. The summed E-state index contributed by atoms with van der Waals surface area (Å²) in [7, 11) is 0. The lowest BCUT2D eigenvalue weighted by Crippen LogP contribution is -2.01. The van der Waals surface area contributed by atoms with Gasteiger partial charge in [0.15, 0.2) is 0 Å². The highest BCUT2D eigenvalue weighted by molar-refractivity contribution is 5.85. The number of fused-ring (bicyclic) bond motifs is 1. The van der Waals surface area contributed by atoms with Gasteiger partial charge in [0.05, 0.1) is 22.0 Å². The van der Waals surface area contributed by atoms with Gasteiger partial charge in [0.2, 0.25) is 0 Å². The van der Waals surface area contributed by atoms with Crippen molar-refractivity contribution in [3.05, 3.63) is 112 Å². The zero-order valence-electron chi connectivity index (χ0n) is 16.9. The Morgan fingerprint density at radius 1 is 0.871 bits per heavy atom. The van der Waals surface area contributed by atoms with Crippen LogP contribution in [0.15, 0.2) is 84.9 Å². The molecule has 31 heavy (non-hydrogen) atoms. The highest BCUT2D eigenvalue weighted by atomic mass is 16.6. The molecule has 0 atom stereocenters. The number of para-hydroxylation sites is 1. The number of allylic oxidation sites excluding steroid dienone is 1. The van der Waals surface area contributed by atoms with E-state index in [-0.39, 0.29) is 10.6 Å². The van der Waals surface area contributed by atoms with Gasteiger partial charge in [-0.25, -0.2) is 4.68 Å². The Kier molecular flexibility index (Phi) is 4.92. The van der Waals surface area contributed by atoms with E-state index in [0.29, 0.717) is 0 Å². The molecular formula is C26H21N3O2. The minimum Gasteiger partial charge on any atom is -0.258 e. The largest absolute Gasteiger partial charge is 0.269 e. The number of benzene rings is 3. The molecule has 1 aliphatic carbocycles. The maximum Gasteiger partial charge on any atom is 0.269 e. The van der Waals surface area contributed by atoms with Gasteiger partial charge in [-0.05, 0) is 60.7 Å². The maximum absolute atomic E-state index is 11.0. The molecule has 0 N–H and O–H groups in total. The average molecular weight is 407 g/mol. The van der Waals surface area contributed by atoms with Crippen molar-refractivity contribution in [2.45, 2.75) is 19.3 Å². The zero-order chi connectivity index (χ0) is 21.2. The number of hydrogen-bond acceptors (Lipinski definition) is 3. The average Bonchev–Trinajstić information content (AvgIpc) is 3.21. The molecule has 0 bridgehead atoms. The maximum atomic E-state index is 11.0. The van der Waals surface area contributed by atoms with Gasteiger partial charge in [-0.1, -0.05) is 48.5 Å². The fourth-order valence-electron chi connectivity index (χ4n) is 4.20. The van der Waals surface area contributed by atoms with Crippen LogP contribution in [0.1, 0.15) is 29.7 Å². The molecule has 4 aromatic rings. The van der Waals surface area contributed by atoms with Gasteiger partial charge in [0.25, 0.3) is 5.69 Å². The van der Waals surface area contributed by atoms with E-state index < -0.39 is 0 Å². The molecule has 1 aromatic heterocycles. The number of non-ortho nitro benzene ring substituents is 1. The minimum atomic E-state index is -0.372. The summed E-state index contributed by atoms with van der Waals surface area (Å²) in [5.74, 6) is 0. The summed E-state index contributed by atoms with van der Waals surface area (Å²) in [4.78, 5) is 10.6. The molecule has 3 aromatic carbocycles. The van der Waals surface area contributed by atoms with Crippen LogP contribution in [-0.4, -0.2) is 14.7 Å². The SMILES string of the molecule is O=[N+]([O-])c1ccc(C=C2CCCc3c2nn(-c2ccccc2)c3-c2ccccc2)cc1. The fourth-order valence-corrected chi connectivity index (χ4v) is 4.20. The Labute approximate surface area is 180 Å². The van der Waals surface area contributed by atoms with E-state index >= 15 is 0 Å². The van der Waals surface area contributed by atoms with Crippen molar-refractivity contribution >= 4 is 17.3 Å². The number of aromatic nitrogens is 2. The second-order valence-corrected chi connectivity index (χ2v) is 7.66. The van der Waals surface area contributed by atoms with Gasteiger partial charge in [-0.15, -0.1) is 0 Å². The second kappa shape index (κ2) is 8.03. The van der Waals surface area contributed by atoms with Gasteiger partial charge < -0.3 is 0 Å². The van der Waals surface area contributed by atoms with Crippen molar-refractivity contribution in [2.75, 3.05) is 0 Å². The quantitative estimate of drug-likeness (QED) is 0.294. The van der Waals surface area contributed by atoms with E-state index in [2.05, 4.69) is 47.2 Å².